The lowest BCUT2D eigenvalue weighted by Crippen LogP contribution is -2.04. The first-order valence-electron chi connectivity index (χ1n) is 9.32. The topological polar surface area (TPSA) is 91.4 Å². The molecule has 0 fully saturated rings. The van der Waals surface area contributed by atoms with Crippen molar-refractivity contribution in [2.24, 2.45) is 5.16 Å². The third-order valence-electron chi connectivity index (χ3n) is 5.15. The van der Waals surface area contributed by atoms with Gasteiger partial charge in [0.15, 0.2) is 17.6 Å². The lowest BCUT2D eigenvalue weighted by atomic mass is 9.99. The second-order valence-corrected chi connectivity index (χ2v) is 6.75. The molecule has 1 N–H and O–H groups in total. The van der Waals surface area contributed by atoms with Gasteiger partial charge in [-0.2, -0.15) is 0 Å². The molecule has 4 rings (SSSR count). The first kappa shape index (κ1) is 19.6. The third kappa shape index (κ3) is 3.30. The van der Waals surface area contributed by atoms with Crippen molar-refractivity contribution < 1.29 is 28.6 Å². The van der Waals surface area contributed by atoms with Gasteiger partial charge in [-0.1, -0.05) is 11.2 Å². The molecule has 8 nitrogen and oxygen atoms in total. The number of aromatic amines is 1. The Kier molecular flexibility index (Phi) is 5.22. The molecule has 0 saturated heterocycles. The summed E-state index contributed by atoms with van der Waals surface area (Å²) in [6.45, 7) is 0. The van der Waals surface area contributed by atoms with Gasteiger partial charge in [-0.25, -0.2) is 4.79 Å². The van der Waals surface area contributed by atoms with Crippen LogP contribution in [0.4, 0.5) is 0 Å². The van der Waals surface area contributed by atoms with Crippen molar-refractivity contribution in [1.82, 2.24) is 4.98 Å². The van der Waals surface area contributed by atoms with Gasteiger partial charge in [-0.3, -0.25) is 0 Å². The van der Waals surface area contributed by atoms with Crippen LogP contribution in [0.1, 0.15) is 34.0 Å². The predicted molar refractivity (Wildman–Crippen MR) is 111 cm³/mol. The number of fused-ring (bicyclic) bond motifs is 1. The summed E-state index contributed by atoms with van der Waals surface area (Å²) in [5, 5.41) is 5.26. The smallest absolute Gasteiger partial charge is 0.337 e. The van der Waals surface area contributed by atoms with Gasteiger partial charge in [0.25, 0.3) is 0 Å². The zero-order valence-corrected chi connectivity index (χ0v) is 17.1. The SMILES string of the molecule is COC(=O)c1ccc2c(C3CC(c4cc(OC)c(OC)c(OC)c4)=NO3)c[nH]c2c1. The highest BCUT2D eigenvalue weighted by Gasteiger charge is 2.28. The van der Waals surface area contributed by atoms with Crippen molar-refractivity contribution in [3.63, 3.8) is 0 Å². The normalized spacial score (nSPS) is 15.5. The van der Waals surface area contributed by atoms with Crippen LogP contribution in [0, 0.1) is 0 Å². The summed E-state index contributed by atoms with van der Waals surface area (Å²) in [6, 6.07) is 9.09. The quantitative estimate of drug-likeness (QED) is 0.621. The van der Waals surface area contributed by atoms with Crippen molar-refractivity contribution in [1.29, 1.82) is 0 Å². The van der Waals surface area contributed by atoms with Crippen LogP contribution in [-0.2, 0) is 9.57 Å². The Labute approximate surface area is 173 Å². The zero-order chi connectivity index (χ0) is 21.3. The van der Waals surface area contributed by atoms with Gasteiger partial charge in [-0.05, 0) is 24.3 Å². The van der Waals surface area contributed by atoms with E-state index in [0.717, 1.165) is 27.7 Å². The summed E-state index contributed by atoms with van der Waals surface area (Å²) in [5.74, 6) is 1.26. The van der Waals surface area contributed by atoms with E-state index >= 15 is 0 Å². The van der Waals surface area contributed by atoms with Crippen LogP contribution >= 0.6 is 0 Å². The molecule has 1 aliphatic rings. The monoisotopic (exact) mass is 410 g/mol. The molecule has 1 atom stereocenters. The Balaban J connectivity index is 1.61. The molecule has 0 bridgehead atoms. The van der Waals surface area contributed by atoms with Crippen LogP contribution in [0.25, 0.3) is 10.9 Å². The van der Waals surface area contributed by atoms with Crippen LogP contribution in [0.3, 0.4) is 0 Å². The van der Waals surface area contributed by atoms with E-state index < -0.39 is 0 Å². The van der Waals surface area contributed by atoms with Gasteiger partial charge >= 0.3 is 5.97 Å². The van der Waals surface area contributed by atoms with Crippen molar-refractivity contribution in [2.45, 2.75) is 12.5 Å². The fraction of sp³-hybridized carbons (Fsp3) is 0.273. The van der Waals surface area contributed by atoms with Crippen molar-refractivity contribution in [3.8, 4) is 17.2 Å². The molecule has 30 heavy (non-hydrogen) atoms. The van der Waals surface area contributed by atoms with Crippen LogP contribution in [0.5, 0.6) is 17.2 Å². The maximum atomic E-state index is 11.8. The largest absolute Gasteiger partial charge is 0.493 e. The first-order valence-corrected chi connectivity index (χ1v) is 9.32. The molecule has 8 heteroatoms. The Hall–Kier alpha value is -3.68. The highest BCUT2D eigenvalue weighted by Crippen LogP contribution is 2.41. The standard InChI is InChI=1S/C22H22N2O6/c1-26-19-8-13(9-20(27-2)21(19)28-3)16-10-18(30-24-16)15-11-23-17-7-12(22(25)29-4)5-6-14(15)17/h5-9,11,18,23H,10H2,1-4H3. The summed E-state index contributed by atoms with van der Waals surface area (Å²) in [4.78, 5) is 20.7. The molecule has 1 unspecified atom stereocenters. The third-order valence-corrected chi connectivity index (χ3v) is 5.15. The molecule has 1 aromatic heterocycles. The van der Waals surface area contributed by atoms with Gasteiger partial charge in [0.05, 0.1) is 39.7 Å². The Morgan fingerprint density at radius 1 is 1.07 bits per heavy atom. The number of nitrogens with zero attached hydrogens (tertiary/aromatic N) is 1. The number of rotatable bonds is 6. The van der Waals surface area contributed by atoms with Gasteiger partial charge in [-0.15, -0.1) is 0 Å². The number of nitrogens with one attached hydrogen (secondary N) is 1. The summed E-state index contributed by atoms with van der Waals surface area (Å²) in [6.07, 6.45) is 2.20. The number of ether oxygens (including phenoxy) is 4. The van der Waals surface area contributed by atoms with Crippen molar-refractivity contribution in [2.75, 3.05) is 28.4 Å². The fourth-order valence-corrected chi connectivity index (χ4v) is 3.62. The minimum absolute atomic E-state index is 0.253. The molecule has 0 saturated carbocycles. The first-order chi connectivity index (χ1) is 14.6. The van der Waals surface area contributed by atoms with E-state index in [9.17, 15) is 4.79 Å². The number of carbonyl (C=O) groups excluding carboxylic acids is 1. The van der Waals surface area contributed by atoms with Gasteiger partial charge in [0, 0.05) is 34.6 Å². The van der Waals surface area contributed by atoms with Crippen molar-refractivity contribution >= 4 is 22.6 Å². The predicted octanol–water partition coefficient (Wildman–Crippen LogP) is 3.85. The number of hydrogen-bond donors (Lipinski definition) is 1. The average Bonchev–Trinajstić information content (AvgIpc) is 3.43. The molecule has 0 aliphatic carbocycles. The summed E-state index contributed by atoms with van der Waals surface area (Å²) in [7, 11) is 6.08. The molecule has 156 valence electrons. The van der Waals surface area contributed by atoms with Gasteiger partial charge in [0.2, 0.25) is 5.75 Å². The number of H-pyrrole nitrogens is 1. The van der Waals surface area contributed by atoms with E-state index in [1.165, 1.54) is 7.11 Å². The number of hydrogen-bond acceptors (Lipinski definition) is 7. The van der Waals surface area contributed by atoms with Crippen molar-refractivity contribution in [3.05, 3.63) is 53.2 Å². The summed E-state index contributed by atoms with van der Waals surface area (Å²) < 4.78 is 21.0. The average molecular weight is 410 g/mol. The van der Waals surface area contributed by atoms with E-state index in [1.807, 2.05) is 24.4 Å². The maximum absolute atomic E-state index is 11.8. The van der Waals surface area contributed by atoms with Crippen LogP contribution in [-0.4, -0.2) is 45.1 Å². The number of aromatic nitrogens is 1. The Bertz CT molecular complexity index is 1110. The highest BCUT2D eigenvalue weighted by atomic mass is 16.6. The van der Waals surface area contributed by atoms with E-state index in [0.29, 0.717) is 29.2 Å². The van der Waals surface area contributed by atoms with E-state index in [4.69, 9.17) is 23.8 Å². The molecule has 0 spiro atoms. The number of methoxy groups -OCH3 is 4. The Morgan fingerprint density at radius 3 is 2.43 bits per heavy atom. The molecular weight excluding hydrogens is 388 g/mol. The number of benzene rings is 2. The van der Waals surface area contributed by atoms with Crippen LogP contribution in [0.2, 0.25) is 0 Å². The van der Waals surface area contributed by atoms with Gasteiger partial charge < -0.3 is 28.8 Å². The molecule has 0 amide bonds. The second kappa shape index (κ2) is 7.98. The summed E-state index contributed by atoms with van der Waals surface area (Å²) in [5.41, 5.74) is 3.89. The Morgan fingerprint density at radius 2 is 1.80 bits per heavy atom. The molecule has 3 aromatic rings. The van der Waals surface area contributed by atoms with Crippen LogP contribution < -0.4 is 14.2 Å². The molecule has 1 aliphatic heterocycles. The molecule has 2 aromatic carbocycles. The number of carbonyl (C=O) groups is 1. The molecular formula is C22H22N2O6. The number of oxime groups is 1. The maximum Gasteiger partial charge on any atom is 0.337 e. The minimum Gasteiger partial charge on any atom is -0.493 e. The van der Waals surface area contributed by atoms with E-state index in [1.54, 1.807) is 33.5 Å². The summed E-state index contributed by atoms with van der Waals surface area (Å²) >= 11 is 0. The lowest BCUT2D eigenvalue weighted by Gasteiger charge is -2.13. The van der Waals surface area contributed by atoms with Crippen LogP contribution in [0.15, 0.2) is 41.7 Å². The fourth-order valence-electron chi connectivity index (χ4n) is 3.62. The zero-order valence-electron chi connectivity index (χ0n) is 17.1. The molecule has 2 heterocycles. The lowest BCUT2D eigenvalue weighted by molar-refractivity contribution is 0.0601. The van der Waals surface area contributed by atoms with E-state index in [-0.39, 0.29) is 12.1 Å². The molecule has 0 radical (unpaired) electrons. The number of esters is 1. The van der Waals surface area contributed by atoms with E-state index in [2.05, 4.69) is 10.1 Å². The minimum atomic E-state index is -0.377. The second-order valence-electron chi connectivity index (χ2n) is 6.75. The van der Waals surface area contributed by atoms with Gasteiger partial charge in [0.1, 0.15) is 0 Å². The highest BCUT2D eigenvalue weighted by molar-refractivity contribution is 6.03.